The van der Waals surface area contributed by atoms with Crippen molar-refractivity contribution in [3.05, 3.63) is 90.0 Å². The number of aryl methyl sites for hydroxylation is 1. The first kappa shape index (κ1) is 25.8. The topological polar surface area (TPSA) is 65.8 Å². The Kier molecular flexibility index (Phi) is 8.13. The predicted octanol–water partition coefficient (Wildman–Crippen LogP) is 6.34. The summed E-state index contributed by atoms with van der Waals surface area (Å²) in [4.78, 5) is 15.7. The van der Waals surface area contributed by atoms with Gasteiger partial charge >= 0.3 is 0 Å². The monoisotopic (exact) mass is 499 g/mol. The molecule has 0 bridgehead atoms. The number of benzene rings is 3. The van der Waals surface area contributed by atoms with Crippen LogP contribution in [0, 0.1) is 0 Å². The highest BCUT2D eigenvalue weighted by molar-refractivity contribution is 5.95. The van der Waals surface area contributed by atoms with Crippen molar-refractivity contribution in [2.24, 2.45) is 7.05 Å². The van der Waals surface area contributed by atoms with Crippen LogP contribution >= 0.6 is 0 Å². The zero-order chi connectivity index (χ0) is 26.4. The average molecular weight is 500 g/mol. The first-order chi connectivity index (χ1) is 17.9. The largest absolute Gasteiger partial charge is 0.497 e. The summed E-state index contributed by atoms with van der Waals surface area (Å²) in [5.41, 5.74) is 3.14. The highest BCUT2D eigenvalue weighted by atomic mass is 16.5. The van der Waals surface area contributed by atoms with Crippen molar-refractivity contribution in [3.8, 4) is 34.4 Å². The molecule has 7 nitrogen and oxygen atoms in total. The Morgan fingerprint density at radius 1 is 0.919 bits per heavy atom. The molecule has 0 aliphatic rings. The molecule has 0 aliphatic heterocycles. The number of amides is 1. The van der Waals surface area contributed by atoms with Crippen molar-refractivity contribution in [2.75, 3.05) is 14.2 Å². The van der Waals surface area contributed by atoms with E-state index in [1.165, 1.54) is 0 Å². The summed E-state index contributed by atoms with van der Waals surface area (Å²) in [6.07, 6.45) is 0.797. The van der Waals surface area contributed by atoms with Crippen molar-refractivity contribution in [2.45, 2.75) is 32.9 Å². The average Bonchev–Trinajstić information content (AvgIpc) is 3.26. The lowest BCUT2D eigenvalue weighted by atomic mass is 10.0. The summed E-state index contributed by atoms with van der Waals surface area (Å²) in [6.45, 7) is 4.46. The van der Waals surface area contributed by atoms with Gasteiger partial charge in [0.15, 0.2) is 0 Å². The number of aromatic nitrogens is 2. The molecule has 0 unspecified atom stereocenters. The maximum absolute atomic E-state index is 13.8. The van der Waals surface area contributed by atoms with Gasteiger partial charge in [-0.3, -0.25) is 4.79 Å². The first-order valence-electron chi connectivity index (χ1n) is 12.3. The fraction of sp³-hybridized carbons (Fsp3) is 0.267. The third kappa shape index (κ3) is 5.77. The fourth-order valence-electron chi connectivity index (χ4n) is 4.15. The minimum Gasteiger partial charge on any atom is -0.497 e. The molecule has 0 spiro atoms. The molecule has 7 heteroatoms. The van der Waals surface area contributed by atoms with E-state index in [1.54, 1.807) is 25.0 Å². The lowest BCUT2D eigenvalue weighted by molar-refractivity contribution is 0.0670. The van der Waals surface area contributed by atoms with Gasteiger partial charge in [-0.1, -0.05) is 43.3 Å². The van der Waals surface area contributed by atoms with Gasteiger partial charge in [0, 0.05) is 24.2 Å². The van der Waals surface area contributed by atoms with Gasteiger partial charge in [-0.15, -0.1) is 0 Å². The number of carbonyl (C=O) groups excluding carboxylic acids is 1. The van der Waals surface area contributed by atoms with Crippen molar-refractivity contribution in [1.29, 1.82) is 0 Å². The number of ether oxygens (including phenoxy) is 3. The van der Waals surface area contributed by atoms with E-state index in [0.29, 0.717) is 29.5 Å². The molecule has 0 saturated heterocycles. The number of carbonyl (C=O) groups is 1. The molecule has 37 heavy (non-hydrogen) atoms. The van der Waals surface area contributed by atoms with Crippen LogP contribution in [0.3, 0.4) is 0 Å². The summed E-state index contributed by atoms with van der Waals surface area (Å²) < 4.78 is 18.7. The molecule has 4 aromatic rings. The molecule has 1 heterocycles. The Labute approximate surface area is 218 Å². The molecule has 1 aromatic heterocycles. The van der Waals surface area contributed by atoms with Gasteiger partial charge in [-0.25, -0.2) is 4.68 Å². The third-order valence-corrected chi connectivity index (χ3v) is 6.44. The molecule has 4 rings (SSSR count). The van der Waals surface area contributed by atoms with Crippen LogP contribution in [-0.4, -0.2) is 40.8 Å². The van der Waals surface area contributed by atoms with E-state index >= 15 is 0 Å². The fourth-order valence-corrected chi connectivity index (χ4v) is 4.15. The van der Waals surface area contributed by atoms with Crippen molar-refractivity contribution >= 4 is 5.91 Å². The minimum absolute atomic E-state index is 0.0173. The van der Waals surface area contributed by atoms with Gasteiger partial charge in [0.25, 0.3) is 5.91 Å². The Bertz CT molecular complexity index is 1330. The summed E-state index contributed by atoms with van der Waals surface area (Å²) in [7, 11) is 5.08. The van der Waals surface area contributed by atoms with Crippen molar-refractivity contribution < 1.29 is 19.0 Å². The van der Waals surface area contributed by atoms with E-state index in [1.807, 2.05) is 84.7 Å². The Morgan fingerprint density at radius 2 is 1.59 bits per heavy atom. The molecule has 0 saturated carbocycles. The van der Waals surface area contributed by atoms with Crippen molar-refractivity contribution in [3.63, 3.8) is 0 Å². The molecule has 0 radical (unpaired) electrons. The first-order valence-corrected chi connectivity index (χ1v) is 12.3. The van der Waals surface area contributed by atoms with Crippen LogP contribution in [0.25, 0.3) is 11.3 Å². The molecule has 1 atom stereocenters. The second-order valence-electron chi connectivity index (χ2n) is 8.82. The zero-order valence-corrected chi connectivity index (χ0v) is 22.0. The van der Waals surface area contributed by atoms with Gasteiger partial charge < -0.3 is 19.1 Å². The molecule has 1 amide bonds. The second-order valence-corrected chi connectivity index (χ2v) is 8.82. The summed E-state index contributed by atoms with van der Waals surface area (Å²) >= 11 is 0. The SMILES string of the molecule is CC[C@@H](C)N(Cc1c(-c2ccccc2)nn(C)c1Oc1ccc(OC)cc1)C(=O)c1cccc(OC)c1. The molecular formula is C30H33N3O4. The Balaban J connectivity index is 1.78. The molecule has 3 aromatic carbocycles. The predicted molar refractivity (Wildman–Crippen MR) is 144 cm³/mol. The van der Waals surface area contributed by atoms with Crippen LogP contribution < -0.4 is 14.2 Å². The smallest absolute Gasteiger partial charge is 0.254 e. The van der Waals surface area contributed by atoms with Gasteiger partial charge in [-0.05, 0) is 55.8 Å². The molecule has 192 valence electrons. The van der Waals surface area contributed by atoms with Crippen molar-refractivity contribution in [1.82, 2.24) is 14.7 Å². The summed E-state index contributed by atoms with van der Waals surface area (Å²) in [5.74, 6) is 2.54. The van der Waals surface area contributed by atoms with Gasteiger partial charge in [0.1, 0.15) is 22.9 Å². The maximum atomic E-state index is 13.8. The van der Waals surface area contributed by atoms with E-state index in [-0.39, 0.29) is 11.9 Å². The van der Waals surface area contributed by atoms with E-state index in [0.717, 1.165) is 29.0 Å². The second kappa shape index (κ2) is 11.6. The number of rotatable bonds is 10. The van der Waals surface area contributed by atoms with E-state index < -0.39 is 0 Å². The maximum Gasteiger partial charge on any atom is 0.254 e. The van der Waals surface area contributed by atoms with Gasteiger partial charge in [0.2, 0.25) is 5.88 Å². The van der Waals surface area contributed by atoms with Gasteiger partial charge in [0.05, 0.1) is 26.3 Å². The lowest BCUT2D eigenvalue weighted by Crippen LogP contribution is -2.38. The Hall–Kier alpha value is -4.26. The van der Waals surface area contributed by atoms with Crippen LogP contribution in [0.15, 0.2) is 78.9 Å². The molecular weight excluding hydrogens is 466 g/mol. The summed E-state index contributed by atoms with van der Waals surface area (Å²) in [6, 6.07) is 24.6. The van der Waals surface area contributed by atoms with Crippen LogP contribution in [0.4, 0.5) is 0 Å². The zero-order valence-electron chi connectivity index (χ0n) is 22.0. The summed E-state index contributed by atoms with van der Waals surface area (Å²) in [5, 5.41) is 4.82. The van der Waals surface area contributed by atoms with Crippen LogP contribution in [0.5, 0.6) is 23.1 Å². The van der Waals surface area contributed by atoms with Gasteiger partial charge in [-0.2, -0.15) is 5.10 Å². The lowest BCUT2D eigenvalue weighted by Gasteiger charge is -2.29. The highest BCUT2D eigenvalue weighted by Gasteiger charge is 2.27. The van der Waals surface area contributed by atoms with Crippen LogP contribution in [0.1, 0.15) is 36.2 Å². The van der Waals surface area contributed by atoms with E-state index in [4.69, 9.17) is 19.3 Å². The minimum atomic E-state index is -0.0773. The number of methoxy groups -OCH3 is 2. The van der Waals surface area contributed by atoms with E-state index in [9.17, 15) is 4.79 Å². The quantitative estimate of drug-likeness (QED) is 0.255. The number of hydrogen-bond acceptors (Lipinski definition) is 5. The number of hydrogen-bond donors (Lipinski definition) is 0. The van der Waals surface area contributed by atoms with Crippen LogP contribution in [0.2, 0.25) is 0 Å². The molecule has 0 fully saturated rings. The molecule has 0 aliphatic carbocycles. The molecule has 0 N–H and O–H groups in total. The van der Waals surface area contributed by atoms with E-state index in [2.05, 4.69) is 13.8 Å². The Morgan fingerprint density at radius 3 is 2.24 bits per heavy atom. The number of nitrogens with zero attached hydrogens (tertiary/aromatic N) is 3. The third-order valence-electron chi connectivity index (χ3n) is 6.44. The highest BCUT2D eigenvalue weighted by Crippen LogP contribution is 2.35. The standard InChI is InChI=1S/C30H33N3O4/c1-6-21(2)33(29(34)23-13-10-14-26(19-23)36-5)20-27-28(22-11-8-7-9-12-22)31-32(3)30(27)37-25-17-15-24(35-4)16-18-25/h7-19,21H,6,20H2,1-5H3/t21-/m1/s1. The normalized spacial score (nSPS) is 11.6. The van der Waals surface area contributed by atoms with Crippen LogP contribution in [-0.2, 0) is 13.6 Å².